The fourth-order valence-electron chi connectivity index (χ4n) is 2.91. The van der Waals surface area contributed by atoms with Gasteiger partial charge in [-0.05, 0) is 42.0 Å². The van der Waals surface area contributed by atoms with Gasteiger partial charge in [0.25, 0.3) is 0 Å². The molecule has 2 aromatic carbocycles. The van der Waals surface area contributed by atoms with E-state index in [9.17, 15) is 18.3 Å². The van der Waals surface area contributed by atoms with Crippen molar-refractivity contribution in [1.82, 2.24) is 4.31 Å². The molecule has 1 fully saturated rings. The second-order valence-electron chi connectivity index (χ2n) is 5.90. The molecular weight excluding hydrogens is 356 g/mol. The summed E-state index contributed by atoms with van der Waals surface area (Å²) >= 11 is 0. The number of benzene rings is 2. The zero-order valence-corrected chi connectivity index (χ0v) is 15.1. The summed E-state index contributed by atoms with van der Waals surface area (Å²) in [6, 6.07) is 12.8. The molecule has 138 valence electrons. The van der Waals surface area contributed by atoms with Crippen molar-refractivity contribution < 1.29 is 23.1 Å². The molecule has 26 heavy (non-hydrogen) atoms. The number of piperazine rings is 1. The van der Waals surface area contributed by atoms with E-state index in [4.69, 9.17) is 4.74 Å². The van der Waals surface area contributed by atoms with E-state index < -0.39 is 16.0 Å². The highest BCUT2D eigenvalue weighted by Crippen LogP contribution is 2.23. The van der Waals surface area contributed by atoms with Crippen molar-refractivity contribution >= 4 is 21.7 Å². The van der Waals surface area contributed by atoms with Crippen molar-refractivity contribution in [2.75, 3.05) is 38.2 Å². The number of nitrogens with zero attached hydrogens (tertiary/aromatic N) is 2. The van der Waals surface area contributed by atoms with E-state index in [0.717, 1.165) is 5.69 Å². The molecule has 1 saturated heterocycles. The monoisotopic (exact) mass is 375 g/mol. The number of carboxylic acids is 1. The lowest BCUT2D eigenvalue weighted by molar-refractivity contribution is -0.255. The van der Waals surface area contributed by atoms with Gasteiger partial charge in [-0.25, -0.2) is 8.42 Å². The van der Waals surface area contributed by atoms with Gasteiger partial charge in [0.2, 0.25) is 10.0 Å². The maximum absolute atomic E-state index is 12.8. The van der Waals surface area contributed by atoms with Crippen LogP contribution in [0.15, 0.2) is 53.4 Å². The smallest absolute Gasteiger partial charge is 0.243 e. The molecule has 0 unspecified atom stereocenters. The maximum atomic E-state index is 12.8. The number of carboxylic acid groups (broad SMARTS) is 1. The van der Waals surface area contributed by atoms with Crippen LogP contribution in [-0.4, -0.2) is 52.0 Å². The van der Waals surface area contributed by atoms with Crippen LogP contribution >= 0.6 is 0 Å². The molecule has 7 nitrogen and oxygen atoms in total. The fraction of sp³-hybridized carbons (Fsp3) is 0.278. The summed E-state index contributed by atoms with van der Waals surface area (Å²) in [4.78, 5) is 13.2. The van der Waals surface area contributed by atoms with Gasteiger partial charge in [-0.2, -0.15) is 4.31 Å². The zero-order chi connectivity index (χ0) is 18.7. The highest BCUT2D eigenvalue weighted by molar-refractivity contribution is 7.89. The molecule has 0 aliphatic carbocycles. The summed E-state index contributed by atoms with van der Waals surface area (Å²) < 4.78 is 32.0. The molecule has 2 aromatic rings. The van der Waals surface area contributed by atoms with Gasteiger partial charge in [0.15, 0.2) is 0 Å². The number of anilines is 1. The van der Waals surface area contributed by atoms with Gasteiger partial charge in [-0.15, -0.1) is 0 Å². The van der Waals surface area contributed by atoms with Crippen LogP contribution in [0.25, 0.3) is 0 Å². The molecule has 0 aromatic heterocycles. The number of aromatic carboxylic acids is 1. The molecule has 0 N–H and O–H groups in total. The van der Waals surface area contributed by atoms with Crippen LogP contribution in [-0.2, 0) is 10.0 Å². The normalized spacial score (nSPS) is 15.7. The number of hydrogen-bond acceptors (Lipinski definition) is 6. The molecular formula is C18H19N2O5S-. The van der Waals surface area contributed by atoms with E-state index in [1.54, 1.807) is 30.3 Å². The van der Waals surface area contributed by atoms with E-state index in [2.05, 4.69) is 0 Å². The molecule has 0 radical (unpaired) electrons. The van der Waals surface area contributed by atoms with Crippen molar-refractivity contribution in [1.29, 1.82) is 0 Å². The topological polar surface area (TPSA) is 90.0 Å². The maximum Gasteiger partial charge on any atom is 0.243 e. The first-order chi connectivity index (χ1) is 12.4. The zero-order valence-electron chi connectivity index (χ0n) is 14.3. The lowest BCUT2D eigenvalue weighted by Crippen LogP contribution is -2.48. The van der Waals surface area contributed by atoms with Gasteiger partial charge < -0.3 is 19.5 Å². The van der Waals surface area contributed by atoms with Crippen LogP contribution in [0.4, 0.5) is 5.69 Å². The van der Waals surface area contributed by atoms with Gasteiger partial charge >= 0.3 is 0 Å². The number of rotatable bonds is 5. The Morgan fingerprint density at radius 1 is 1.04 bits per heavy atom. The second-order valence-corrected chi connectivity index (χ2v) is 7.84. The molecule has 0 amide bonds. The minimum absolute atomic E-state index is 0.107. The molecule has 0 atom stereocenters. The Labute approximate surface area is 152 Å². The predicted molar refractivity (Wildman–Crippen MR) is 94.7 cm³/mol. The van der Waals surface area contributed by atoms with Crippen LogP contribution in [0.2, 0.25) is 0 Å². The average Bonchev–Trinajstić information content (AvgIpc) is 2.68. The van der Waals surface area contributed by atoms with Crippen molar-refractivity contribution in [2.24, 2.45) is 0 Å². The van der Waals surface area contributed by atoms with Crippen molar-refractivity contribution in [3.05, 3.63) is 54.1 Å². The van der Waals surface area contributed by atoms with Gasteiger partial charge in [0.1, 0.15) is 5.75 Å². The third kappa shape index (κ3) is 3.66. The molecule has 0 bridgehead atoms. The Balaban J connectivity index is 1.71. The summed E-state index contributed by atoms with van der Waals surface area (Å²) in [7, 11) is -2.04. The van der Waals surface area contributed by atoms with Crippen LogP contribution in [0.5, 0.6) is 5.75 Å². The lowest BCUT2D eigenvalue weighted by Gasteiger charge is -2.35. The van der Waals surface area contributed by atoms with Crippen LogP contribution in [0, 0.1) is 0 Å². The van der Waals surface area contributed by atoms with Crippen molar-refractivity contribution in [2.45, 2.75) is 4.90 Å². The Morgan fingerprint density at radius 3 is 2.27 bits per heavy atom. The quantitative estimate of drug-likeness (QED) is 0.759. The third-order valence-electron chi connectivity index (χ3n) is 4.38. The molecule has 3 rings (SSSR count). The molecule has 0 saturated carbocycles. The highest BCUT2D eigenvalue weighted by Gasteiger charge is 2.28. The van der Waals surface area contributed by atoms with Gasteiger partial charge in [-0.3, -0.25) is 0 Å². The van der Waals surface area contributed by atoms with Gasteiger partial charge in [0.05, 0.1) is 18.0 Å². The number of methoxy groups -OCH3 is 1. The minimum atomic E-state index is -3.57. The lowest BCUT2D eigenvalue weighted by atomic mass is 10.2. The number of carbonyl (C=O) groups is 1. The first-order valence-corrected chi connectivity index (χ1v) is 9.56. The summed E-state index contributed by atoms with van der Waals surface area (Å²) in [5.74, 6) is -0.630. The summed E-state index contributed by atoms with van der Waals surface area (Å²) in [6.45, 7) is 1.60. The molecule has 1 aliphatic heterocycles. The number of sulfonamides is 1. The SMILES string of the molecule is COc1ccc(S(=O)(=O)N2CCN(c3cccc(C(=O)[O-])c3)CC2)cc1. The summed E-state index contributed by atoms with van der Waals surface area (Å²) in [6.07, 6.45) is 0. The Bertz CT molecular complexity index is 888. The van der Waals surface area contributed by atoms with E-state index in [-0.39, 0.29) is 10.5 Å². The van der Waals surface area contributed by atoms with Crippen LogP contribution in [0.1, 0.15) is 10.4 Å². The molecule has 1 heterocycles. The Kier molecular flexibility index (Phi) is 5.15. The Hall–Kier alpha value is -2.58. The van der Waals surface area contributed by atoms with Crippen molar-refractivity contribution in [3.8, 4) is 5.75 Å². The average molecular weight is 375 g/mol. The number of carbonyl (C=O) groups excluding carboxylic acids is 1. The van der Waals surface area contributed by atoms with E-state index in [1.165, 1.54) is 29.6 Å². The standard InChI is InChI=1S/C18H20N2O5S/c1-25-16-5-7-17(8-6-16)26(23,24)20-11-9-19(10-12-20)15-4-2-3-14(13-15)18(21)22/h2-8,13H,9-12H2,1H3,(H,21,22)/p-1. The summed E-state index contributed by atoms with van der Waals surface area (Å²) in [5.41, 5.74) is 0.851. The minimum Gasteiger partial charge on any atom is -0.545 e. The van der Waals surface area contributed by atoms with E-state index in [0.29, 0.717) is 31.9 Å². The predicted octanol–water partition coefficient (Wildman–Crippen LogP) is 0.570. The first-order valence-electron chi connectivity index (χ1n) is 8.12. The van der Waals surface area contributed by atoms with Crippen LogP contribution < -0.4 is 14.7 Å². The van der Waals surface area contributed by atoms with E-state index in [1.807, 2.05) is 4.90 Å². The second kappa shape index (κ2) is 7.35. The first kappa shape index (κ1) is 18.2. The fourth-order valence-corrected chi connectivity index (χ4v) is 4.34. The largest absolute Gasteiger partial charge is 0.545 e. The van der Waals surface area contributed by atoms with Gasteiger partial charge in [-0.1, -0.05) is 12.1 Å². The Morgan fingerprint density at radius 2 is 1.69 bits per heavy atom. The molecule has 0 spiro atoms. The van der Waals surface area contributed by atoms with Crippen molar-refractivity contribution in [3.63, 3.8) is 0 Å². The van der Waals surface area contributed by atoms with Crippen LogP contribution in [0.3, 0.4) is 0 Å². The third-order valence-corrected chi connectivity index (χ3v) is 6.30. The van der Waals surface area contributed by atoms with Gasteiger partial charge in [0, 0.05) is 31.9 Å². The molecule has 1 aliphatic rings. The summed E-state index contributed by atoms with van der Waals surface area (Å²) in [5, 5.41) is 11.0. The molecule has 8 heteroatoms. The van der Waals surface area contributed by atoms with E-state index >= 15 is 0 Å². The number of ether oxygens (including phenoxy) is 1. The number of hydrogen-bond donors (Lipinski definition) is 0. The highest BCUT2D eigenvalue weighted by atomic mass is 32.2.